The summed E-state index contributed by atoms with van der Waals surface area (Å²) in [4.78, 5) is 0. The third kappa shape index (κ3) is 7.11. The maximum Gasteiger partial charge on any atom is 0.232 e. The summed E-state index contributed by atoms with van der Waals surface area (Å²) in [5.41, 5.74) is 0. The smallest absolute Gasteiger partial charge is 0.232 e. The number of halogens is 1. The Kier molecular flexibility index (Phi) is 5.89. The second kappa shape index (κ2) is 6.68. The van der Waals surface area contributed by atoms with E-state index in [-0.39, 0.29) is 11.9 Å². The monoisotopic (exact) mass is 256 g/mol. The van der Waals surface area contributed by atoms with E-state index in [0.717, 1.165) is 25.9 Å². The highest BCUT2D eigenvalue weighted by atomic mass is 35.7. The lowest BCUT2D eigenvalue weighted by molar-refractivity contribution is -0.129. The molecule has 0 saturated carbocycles. The van der Waals surface area contributed by atoms with Crippen molar-refractivity contribution in [1.29, 1.82) is 0 Å². The molecular weight excluding hydrogens is 240 g/mol. The highest BCUT2D eigenvalue weighted by Crippen LogP contribution is 2.08. The lowest BCUT2D eigenvalue weighted by Crippen LogP contribution is -2.36. The Labute approximate surface area is 95.3 Å². The van der Waals surface area contributed by atoms with Crippen molar-refractivity contribution in [2.75, 3.05) is 25.6 Å². The minimum Gasteiger partial charge on any atom is -0.376 e. The van der Waals surface area contributed by atoms with Gasteiger partial charge in [0.15, 0.2) is 0 Å². The van der Waals surface area contributed by atoms with Crippen LogP contribution in [0.3, 0.4) is 0 Å². The predicted molar refractivity (Wildman–Crippen MR) is 58.7 cm³/mol. The van der Waals surface area contributed by atoms with Gasteiger partial charge >= 0.3 is 0 Å². The number of unbranched alkanes of at least 4 members (excludes halogenated alkanes) is 3. The second-order valence-electron chi connectivity index (χ2n) is 3.69. The third-order valence-corrected chi connectivity index (χ3v) is 3.48. The van der Waals surface area contributed by atoms with Gasteiger partial charge in [0.05, 0.1) is 19.0 Å². The van der Waals surface area contributed by atoms with E-state index in [2.05, 4.69) is 0 Å². The standard InChI is InChI=1S/C9H17ClO4S/c10-15(11,12)6-4-2-1-3-5-14-9-7-13-8-9/h9H,1-8H2. The van der Waals surface area contributed by atoms with Crippen LogP contribution in [0.2, 0.25) is 0 Å². The lowest BCUT2D eigenvalue weighted by Gasteiger charge is -2.25. The molecule has 0 aromatic carbocycles. The Morgan fingerprint density at radius 3 is 2.40 bits per heavy atom. The van der Waals surface area contributed by atoms with Crippen LogP contribution in [0, 0.1) is 0 Å². The second-order valence-corrected chi connectivity index (χ2v) is 6.58. The van der Waals surface area contributed by atoms with Gasteiger partial charge in [0.25, 0.3) is 0 Å². The van der Waals surface area contributed by atoms with Crippen molar-refractivity contribution in [1.82, 2.24) is 0 Å². The van der Waals surface area contributed by atoms with E-state index in [0.29, 0.717) is 19.6 Å². The van der Waals surface area contributed by atoms with Gasteiger partial charge in [0, 0.05) is 17.3 Å². The molecule has 0 aromatic heterocycles. The van der Waals surface area contributed by atoms with E-state index < -0.39 is 9.05 Å². The molecule has 90 valence electrons. The maximum absolute atomic E-state index is 10.6. The van der Waals surface area contributed by atoms with Gasteiger partial charge in [-0.15, -0.1) is 0 Å². The summed E-state index contributed by atoms with van der Waals surface area (Å²) < 4.78 is 31.6. The summed E-state index contributed by atoms with van der Waals surface area (Å²) in [6.45, 7) is 2.16. The van der Waals surface area contributed by atoms with Gasteiger partial charge in [-0.1, -0.05) is 12.8 Å². The molecule has 1 heterocycles. The number of rotatable bonds is 8. The first-order valence-corrected chi connectivity index (χ1v) is 7.67. The van der Waals surface area contributed by atoms with Crippen LogP contribution in [0.5, 0.6) is 0 Å². The van der Waals surface area contributed by atoms with Crippen LogP contribution in [0.15, 0.2) is 0 Å². The molecule has 0 unspecified atom stereocenters. The fourth-order valence-corrected chi connectivity index (χ4v) is 2.17. The molecule has 0 N–H and O–H groups in total. The summed E-state index contributed by atoms with van der Waals surface area (Å²) in [5, 5.41) is 0. The molecule has 0 spiro atoms. The SMILES string of the molecule is O=S(=O)(Cl)CCCCCCOC1COC1. The van der Waals surface area contributed by atoms with Crippen LogP contribution in [-0.4, -0.2) is 40.1 Å². The van der Waals surface area contributed by atoms with E-state index >= 15 is 0 Å². The lowest BCUT2D eigenvalue weighted by atomic mass is 10.2. The van der Waals surface area contributed by atoms with Crippen molar-refractivity contribution < 1.29 is 17.9 Å². The number of hydrogen-bond acceptors (Lipinski definition) is 4. The van der Waals surface area contributed by atoms with Crippen LogP contribution in [0.4, 0.5) is 0 Å². The molecule has 0 atom stereocenters. The fourth-order valence-electron chi connectivity index (χ4n) is 1.29. The number of hydrogen-bond donors (Lipinski definition) is 0. The molecule has 0 bridgehead atoms. The Balaban J connectivity index is 1.80. The molecule has 0 aromatic rings. The zero-order valence-electron chi connectivity index (χ0n) is 8.65. The molecule has 1 fully saturated rings. The summed E-state index contributed by atoms with van der Waals surface area (Å²) in [6.07, 6.45) is 3.77. The predicted octanol–water partition coefficient (Wildman–Crippen LogP) is 1.53. The molecule has 0 radical (unpaired) electrons. The zero-order chi connectivity index (χ0) is 11.1. The van der Waals surface area contributed by atoms with Crippen molar-refractivity contribution in [2.45, 2.75) is 31.8 Å². The van der Waals surface area contributed by atoms with Gasteiger partial charge in [0.1, 0.15) is 6.10 Å². The van der Waals surface area contributed by atoms with Crippen LogP contribution in [0.1, 0.15) is 25.7 Å². The summed E-state index contributed by atoms with van der Waals surface area (Å²) >= 11 is 0. The van der Waals surface area contributed by atoms with Gasteiger partial charge in [-0.25, -0.2) is 8.42 Å². The Morgan fingerprint density at radius 1 is 1.20 bits per heavy atom. The molecule has 0 amide bonds. The molecule has 6 heteroatoms. The van der Waals surface area contributed by atoms with Crippen LogP contribution in [0.25, 0.3) is 0 Å². The Bertz CT molecular complexity index is 261. The highest BCUT2D eigenvalue weighted by Gasteiger charge is 2.17. The largest absolute Gasteiger partial charge is 0.376 e. The summed E-state index contributed by atoms with van der Waals surface area (Å²) in [6, 6.07) is 0. The fraction of sp³-hybridized carbons (Fsp3) is 1.00. The molecular formula is C9H17ClO4S. The van der Waals surface area contributed by atoms with E-state index in [1.165, 1.54) is 0 Å². The number of ether oxygens (including phenoxy) is 2. The van der Waals surface area contributed by atoms with E-state index in [1.807, 2.05) is 0 Å². The first-order valence-electron chi connectivity index (χ1n) is 5.19. The van der Waals surface area contributed by atoms with Crippen LogP contribution < -0.4 is 0 Å². The minimum absolute atomic E-state index is 0.0753. The van der Waals surface area contributed by atoms with Crippen LogP contribution in [-0.2, 0) is 18.5 Å². The van der Waals surface area contributed by atoms with Crippen LogP contribution >= 0.6 is 10.7 Å². The normalized spacial score (nSPS) is 17.7. The first-order chi connectivity index (χ1) is 7.08. The van der Waals surface area contributed by atoms with Gasteiger partial charge in [0.2, 0.25) is 9.05 Å². The Hall–Kier alpha value is 0.160. The average molecular weight is 257 g/mol. The molecule has 1 aliphatic rings. The Morgan fingerprint density at radius 2 is 1.87 bits per heavy atom. The van der Waals surface area contributed by atoms with Gasteiger partial charge in [-0.3, -0.25) is 0 Å². The summed E-state index contributed by atoms with van der Waals surface area (Å²) in [7, 11) is 1.77. The van der Waals surface area contributed by atoms with Gasteiger partial charge in [-0.05, 0) is 12.8 Å². The van der Waals surface area contributed by atoms with Gasteiger partial charge in [-0.2, -0.15) is 0 Å². The third-order valence-electron chi connectivity index (χ3n) is 2.24. The molecule has 4 nitrogen and oxygen atoms in total. The van der Waals surface area contributed by atoms with Crippen molar-refractivity contribution in [3.05, 3.63) is 0 Å². The quantitative estimate of drug-likeness (QED) is 0.488. The first kappa shape index (κ1) is 13.2. The molecule has 15 heavy (non-hydrogen) atoms. The summed E-state index contributed by atoms with van der Waals surface area (Å²) in [5.74, 6) is 0.0753. The highest BCUT2D eigenvalue weighted by molar-refractivity contribution is 8.13. The zero-order valence-corrected chi connectivity index (χ0v) is 10.2. The van der Waals surface area contributed by atoms with Crippen molar-refractivity contribution >= 4 is 19.7 Å². The van der Waals surface area contributed by atoms with Crippen molar-refractivity contribution in [3.63, 3.8) is 0 Å². The van der Waals surface area contributed by atoms with E-state index in [9.17, 15) is 8.42 Å². The molecule has 1 rings (SSSR count). The molecule has 0 aliphatic carbocycles. The minimum atomic E-state index is -3.30. The van der Waals surface area contributed by atoms with Gasteiger partial charge < -0.3 is 9.47 Å². The van der Waals surface area contributed by atoms with Crippen molar-refractivity contribution in [2.24, 2.45) is 0 Å². The average Bonchev–Trinajstić information content (AvgIpc) is 2.04. The molecule has 1 aliphatic heterocycles. The van der Waals surface area contributed by atoms with E-state index in [1.54, 1.807) is 0 Å². The maximum atomic E-state index is 10.6. The molecule has 1 saturated heterocycles. The topological polar surface area (TPSA) is 52.6 Å². The van der Waals surface area contributed by atoms with E-state index in [4.69, 9.17) is 20.2 Å². The van der Waals surface area contributed by atoms with Crippen molar-refractivity contribution in [3.8, 4) is 0 Å².